The van der Waals surface area contributed by atoms with E-state index in [1.807, 2.05) is 13.8 Å². The molecule has 2 aliphatic rings. The van der Waals surface area contributed by atoms with Gasteiger partial charge >= 0.3 is 0 Å². The fourth-order valence-corrected chi connectivity index (χ4v) is 4.47. The maximum absolute atomic E-state index is 10.2. The molecule has 2 rings (SSSR count). The molecule has 0 aromatic heterocycles. The van der Waals surface area contributed by atoms with Crippen molar-refractivity contribution in [2.45, 2.75) is 70.8 Å². The zero-order valence-corrected chi connectivity index (χ0v) is 12.4. The Morgan fingerprint density at radius 1 is 1.24 bits per heavy atom. The van der Waals surface area contributed by atoms with Gasteiger partial charge in [-0.05, 0) is 69.1 Å². The van der Waals surface area contributed by atoms with Crippen LogP contribution in [0.5, 0.6) is 0 Å². The molecule has 1 nitrogen and oxygen atoms in total. The van der Waals surface area contributed by atoms with Crippen LogP contribution >= 0.6 is 11.6 Å². The van der Waals surface area contributed by atoms with Gasteiger partial charge in [0, 0.05) is 5.38 Å². The van der Waals surface area contributed by atoms with Crippen molar-refractivity contribution in [2.75, 3.05) is 0 Å². The lowest BCUT2D eigenvalue weighted by Gasteiger charge is -2.53. The second kappa shape index (κ2) is 4.42. The van der Waals surface area contributed by atoms with Gasteiger partial charge in [0.1, 0.15) is 0 Å². The van der Waals surface area contributed by atoms with Crippen LogP contribution in [0.4, 0.5) is 0 Å². The van der Waals surface area contributed by atoms with Gasteiger partial charge in [-0.15, -0.1) is 11.6 Å². The van der Waals surface area contributed by atoms with E-state index in [1.165, 1.54) is 25.7 Å². The molecule has 0 aromatic rings. The number of hydrogen-bond donors (Lipinski definition) is 1. The Morgan fingerprint density at radius 2 is 1.82 bits per heavy atom. The summed E-state index contributed by atoms with van der Waals surface area (Å²) in [5, 5.41) is 10.6. The summed E-state index contributed by atoms with van der Waals surface area (Å²) >= 11 is 6.45. The molecule has 2 fully saturated rings. The summed E-state index contributed by atoms with van der Waals surface area (Å²) in [5.74, 6) is 1.74. The smallest absolute Gasteiger partial charge is 0.0619 e. The molecule has 0 saturated heterocycles. The van der Waals surface area contributed by atoms with Crippen molar-refractivity contribution in [1.82, 2.24) is 0 Å². The van der Waals surface area contributed by atoms with E-state index in [4.69, 9.17) is 11.6 Å². The molecule has 5 atom stereocenters. The fraction of sp³-hybridized carbons (Fsp3) is 1.00. The second-order valence-corrected chi connectivity index (χ2v) is 7.86. The molecular formula is C15H27ClO. The molecule has 0 heterocycles. The minimum atomic E-state index is -0.527. The van der Waals surface area contributed by atoms with E-state index in [0.717, 1.165) is 6.42 Å². The fourth-order valence-electron chi connectivity index (χ4n) is 4.18. The molecule has 0 amide bonds. The largest absolute Gasteiger partial charge is 0.390 e. The van der Waals surface area contributed by atoms with Crippen LogP contribution in [0.2, 0.25) is 0 Å². The van der Waals surface area contributed by atoms with E-state index in [0.29, 0.717) is 28.5 Å². The Morgan fingerprint density at radius 3 is 2.41 bits per heavy atom. The molecule has 0 aromatic carbocycles. The third kappa shape index (κ3) is 2.51. The van der Waals surface area contributed by atoms with Crippen molar-refractivity contribution in [3.63, 3.8) is 0 Å². The first-order chi connectivity index (χ1) is 7.74. The molecule has 2 aliphatic carbocycles. The zero-order valence-electron chi connectivity index (χ0n) is 11.7. The summed E-state index contributed by atoms with van der Waals surface area (Å²) in [4.78, 5) is 0. The number of fused-ring (bicyclic) bond motifs is 1. The summed E-state index contributed by atoms with van der Waals surface area (Å²) in [6, 6.07) is 0. The first kappa shape index (κ1) is 13.7. The van der Waals surface area contributed by atoms with Gasteiger partial charge in [0.2, 0.25) is 0 Å². The van der Waals surface area contributed by atoms with Gasteiger partial charge in [0.25, 0.3) is 0 Å². The Labute approximate surface area is 111 Å². The van der Waals surface area contributed by atoms with E-state index in [-0.39, 0.29) is 0 Å². The first-order valence-electron chi connectivity index (χ1n) is 7.10. The number of alkyl halides is 1. The molecule has 2 saturated carbocycles. The Hall–Kier alpha value is 0.250. The zero-order chi connectivity index (χ0) is 12.8. The Bertz CT molecular complexity index is 283. The van der Waals surface area contributed by atoms with Crippen molar-refractivity contribution in [2.24, 2.45) is 23.2 Å². The van der Waals surface area contributed by atoms with Gasteiger partial charge in [0.05, 0.1) is 5.60 Å². The predicted octanol–water partition coefficient (Wildman–Crippen LogP) is 4.22. The van der Waals surface area contributed by atoms with Crippen molar-refractivity contribution >= 4 is 11.6 Å². The van der Waals surface area contributed by atoms with Crippen LogP contribution < -0.4 is 0 Å². The molecule has 0 spiro atoms. The highest BCUT2D eigenvalue weighted by molar-refractivity contribution is 6.20. The average molecular weight is 259 g/mol. The highest BCUT2D eigenvalue weighted by Crippen LogP contribution is 2.56. The molecule has 100 valence electrons. The molecule has 1 N–H and O–H groups in total. The van der Waals surface area contributed by atoms with Gasteiger partial charge < -0.3 is 5.11 Å². The van der Waals surface area contributed by atoms with E-state index in [1.54, 1.807) is 0 Å². The standard InChI is InChI=1S/C15H27ClO/c1-10-12-9-11(14(2,3)17)5-7-15(12,4)8-6-13(10)16/h10-13,17H,5-9H2,1-4H3/t10-,11+,12-,13+,15-/m1/s1. The lowest BCUT2D eigenvalue weighted by atomic mass is 9.53. The molecule has 2 heteroatoms. The average Bonchev–Trinajstić information content (AvgIpc) is 2.22. The van der Waals surface area contributed by atoms with E-state index in [2.05, 4.69) is 13.8 Å². The van der Waals surface area contributed by atoms with Crippen molar-refractivity contribution < 1.29 is 5.11 Å². The molecule has 0 radical (unpaired) electrons. The summed E-state index contributed by atoms with van der Waals surface area (Å²) in [5.41, 5.74) is -0.0487. The first-order valence-corrected chi connectivity index (χ1v) is 7.54. The van der Waals surface area contributed by atoms with E-state index >= 15 is 0 Å². The minimum absolute atomic E-state index is 0.341. The summed E-state index contributed by atoms with van der Waals surface area (Å²) in [7, 11) is 0. The van der Waals surface area contributed by atoms with Gasteiger partial charge in [-0.25, -0.2) is 0 Å². The number of hydrogen-bond acceptors (Lipinski definition) is 1. The van der Waals surface area contributed by atoms with Crippen molar-refractivity contribution in [3.8, 4) is 0 Å². The minimum Gasteiger partial charge on any atom is -0.390 e. The molecular weight excluding hydrogens is 232 g/mol. The molecule has 0 aliphatic heterocycles. The van der Waals surface area contributed by atoms with Crippen molar-refractivity contribution in [1.29, 1.82) is 0 Å². The normalized spacial score (nSPS) is 47.6. The van der Waals surface area contributed by atoms with Gasteiger partial charge in [0.15, 0.2) is 0 Å². The monoisotopic (exact) mass is 258 g/mol. The highest BCUT2D eigenvalue weighted by Gasteiger charge is 2.49. The van der Waals surface area contributed by atoms with E-state index in [9.17, 15) is 5.11 Å². The molecule has 0 bridgehead atoms. The summed E-state index contributed by atoms with van der Waals surface area (Å²) in [6.07, 6.45) is 6.04. The summed E-state index contributed by atoms with van der Waals surface area (Å²) < 4.78 is 0. The number of rotatable bonds is 1. The van der Waals surface area contributed by atoms with Crippen LogP contribution in [0.25, 0.3) is 0 Å². The topological polar surface area (TPSA) is 20.2 Å². The van der Waals surface area contributed by atoms with Crippen molar-refractivity contribution in [3.05, 3.63) is 0 Å². The van der Waals surface area contributed by atoms with Gasteiger partial charge in [-0.2, -0.15) is 0 Å². The van der Waals surface area contributed by atoms with Crippen LogP contribution in [0.1, 0.15) is 59.8 Å². The van der Waals surface area contributed by atoms with Gasteiger partial charge in [-0.1, -0.05) is 13.8 Å². The van der Waals surface area contributed by atoms with Crippen LogP contribution in [-0.4, -0.2) is 16.1 Å². The highest BCUT2D eigenvalue weighted by atomic mass is 35.5. The second-order valence-electron chi connectivity index (χ2n) is 7.30. The van der Waals surface area contributed by atoms with E-state index < -0.39 is 5.60 Å². The van der Waals surface area contributed by atoms with Crippen LogP contribution in [0, 0.1) is 23.2 Å². The van der Waals surface area contributed by atoms with Gasteiger partial charge in [-0.3, -0.25) is 0 Å². The number of halogens is 1. The summed E-state index contributed by atoms with van der Waals surface area (Å²) in [6.45, 7) is 8.68. The lowest BCUT2D eigenvalue weighted by molar-refractivity contribution is -0.0677. The quantitative estimate of drug-likeness (QED) is 0.699. The Kier molecular flexibility index (Phi) is 3.55. The molecule has 0 unspecified atom stereocenters. The van der Waals surface area contributed by atoms with Crippen LogP contribution in [-0.2, 0) is 0 Å². The number of aliphatic hydroxyl groups is 1. The SMILES string of the molecule is C[C@@H]1[C@H]2C[C@@H](C(C)(C)O)CC[C@]2(C)CC[C@@H]1Cl. The van der Waals surface area contributed by atoms with Crippen LogP contribution in [0.3, 0.4) is 0 Å². The third-order valence-electron chi connectivity index (χ3n) is 5.69. The molecule has 17 heavy (non-hydrogen) atoms. The maximum Gasteiger partial charge on any atom is 0.0619 e. The predicted molar refractivity (Wildman–Crippen MR) is 73.3 cm³/mol. The lowest BCUT2D eigenvalue weighted by Crippen LogP contribution is -2.48. The van der Waals surface area contributed by atoms with Crippen LogP contribution in [0.15, 0.2) is 0 Å². The Balaban J connectivity index is 2.15. The third-order valence-corrected chi connectivity index (χ3v) is 6.31. The maximum atomic E-state index is 10.2.